The lowest BCUT2D eigenvalue weighted by Gasteiger charge is -2.14. The molecule has 6 nitrogen and oxygen atoms in total. The Morgan fingerprint density at radius 2 is 2.00 bits per heavy atom. The second kappa shape index (κ2) is 9.35. The number of benzene rings is 3. The first kappa shape index (κ1) is 21.1. The second-order valence-electron chi connectivity index (χ2n) is 7.70. The van der Waals surface area contributed by atoms with E-state index in [-0.39, 0.29) is 0 Å². The summed E-state index contributed by atoms with van der Waals surface area (Å²) >= 11 is 0. The quantitative estimate of drug-likeness (QED) is 0.242. The van der Waals surface area contributed by atoms with E-state index in [1.165, 1.54) is 0 Å². The molecule has 2 aromatic rings. The number of ether oxygens (including phenoxy) is 1. The average Bonchev–Trinajstić information content (AvgIpc) is 2.77. The Bertz CT molecular complexity index is 1250. The number of hydrogen-bond donors (Lipinski definition) is 2. The van der Waals surface area contributed by atoms with Gasteiger partial charge in [-0.15, -0.1) is 0 Å². The Balaban J connectivity index is 1.96. The minimum Gasteiger partial charge on any atom is -0.494 e. The second-order valence-corrected chi connectivity index (χ2v) is 7.70. The van der Waals surface area contributed by atoms with Gasteiger partial charge in [-0.2, -0.15) is 0 Å². The van der Waals surface area contributed by atoms with Crippen molar-refractivity contribution < 1.29 is 9.15 Å². The van der Waals surface area contributed by atoms with Crippen LogP contribution in [-0.4, -0.2) is 31.2 Å². The van der Waals surface area contributed by atoms with Crippen molar-refractivity contribution in [1.29, 1.82) is 0 Å². The Morgan fingerprint density at radius 1 is 1.13 bits per heavy atom. The maximum absolute atomic E-state index is 6.34. The monoisotopic (exact) mass is 418 g/mol. The van der Waals surface area contributed by atoms with Crippen molar-refractivity contribution in [3.63, 3.8) is 0 Å². The summed E-state index contributed by atoms with van der Waals surface area (Å²) in [5.74, 6) is 1.52. The van der Waals surface area contributed by atoms with Crippen molar-refractivity contribution in [2.45, 2.75) is 33.6 Å². The van der Waals surface area contributed by atoms with Gasteiger partial charge in [0.2, 0.25) is 0 Å². The van der Waals surface area contributed by atoms with Gasteiger partial charge in [-0.25, -0.2) is 4.98 Å². The number of nitrogens with zero attached hydrogens (tertiary/aromatic N) is 2. The number of aromatic nitrogens is 1. The van der Waals surface area contributed by atoms with Crippen LogP contribution in [0.5, 0.6) is 5.75 Å². The van der Waals surface area contributed by atoms with Crippen molar-refractivity contribution in [2.24, 2.45) is 10.7 Å². The van der Waals surface area contributed by atoms with Gasteiger partial charge in [-0.1, -0.05) is 6.92 Å². The Morgan fingerprint density at radius 3 is 2.77 bits per heavy atom. The van der Waals surface area contributed by atoms with Crippen molar-refractivity contribution in [1.82, 2.24) is 4.98 Å². The van der Waals surface area contributed by atoms with Crippen LogP contribution in [0.4, 0.5) is 5.69 Å². The smallest absolute Gasteiger partial charge is 0.155 e. The van der Waals surface area contributed by atoms with Crippen molar-refractivity contribution >= 4 is 27.6 Å². The Labute approximate surface area is 182 Å². The summed E-state index contributed by atoms with van der Waals surface area (Å²) in [6.07, 6.45) is 1.80. The van der Waals surface area contributed by atoms with Gasteiger partial charge in [0.15, 0.2) is 11.3 Å². The molecule has 0 saturated heterocycles. The van der Waals surface area contributed by atoms with Gasteiger partial charge >= 0.3 is 0 Å². The molecule has 0 fully saturated rings. The molecule has 31 heavy (non-hydrogen) atoms. The molecule has 2 aliphatic rings. The molecule has 0 aromatic heterocycles. The molecule has 0 atom stereocenters. The third-order valence-electron chi connectivity index (χ3n) is 5.27. The average molecular weight is 419 g/mol. The fourth-order valence-electron chi connectivity index (χ4n) is 3.73. The van der Waals surface area contributed by atoms with Gasteiger partial charge in [-0.3, -0.25) is 4.99 Å². The van der Waals surface area contributed by atoms with E-state index in [1.807, 2.05) is 24.3 Å². The largest absolute Gasteiger partial charge is 0.494 e. The first-order valence-corrected chi connectivity index (χ1v) is 11.0. The summed E-state index contributed by atoms with van der Waals surface area (Å²) in [5.41, 5.74) is 10.2. The summed E-state index contributed by atoms with van der Waals surface area (Å²) in [7, 11) is 0. The molecule has 0 bridgehead atoms. The minimum atomic E-state index is 0.590. The molecule has 0 saturated carbocycles. The van der Waals surface area contributed by atoms with Crippen molar-refractivity contribution in [3.05, 3.63) is 47.3 Å². The molecule has 0 amide bonds. The maximum atomic E-state index is 6.34. The molecule has 3 N–H and O–H groups in total. The van der Waals surface area contributed by atoms with Crippen LogP contribution in [0, 0.1) is 6.92 Å². The lowest BCUT2D eigenvalue weighted by Crippen LogP contribution is -2.09. The zero-order valence-corrected chi connectivity index (χ0v) is 18.5. The van der Waals surface area contributed by atoms with Crippen LogP contribution in [0.25, 0.3) is 33.3 Å². The van der Waals surface area contributed by atoms with E-state index >= 15 is 0 Å². The van der Waals surface area contributed by atoms with E-state index in [0.29, 0.717) is 13.2 Å². The van der Waals surface area contributed by atoms with Gasteiger partial charge in [-0.05, 0) is 63.1 Å². The van der Waals surface area contributed by atoms with Crippen LogP contribution in [0.15, 0.2) is 45.8 Å². The Kier molecular flexibility index (Phi) is 6.37. The lowest BCUT2D eigenvalue weighted by molar-refractivity contribution is 0.314. The van der Waals surface area contributed by atoms with E-state index in [4.69, 9.17) is 24.9 Å². The molecule has 6 heteroatoms. The third kappa shape index (κ3) is 4.35. The van der Waals surface area contributed by atoms with Crippen molar-refractivity contribution in [3.8, 4) is 17.2 Å². The highest BCUT2D eigenvalue weighted by Crippen LogP contribution is 2.33. The molecular formula is C25H30N4O2. The highest BCUT2D eigenvalue weighted by Gasteiger charge is 2.16. The summed E-state index contributed by atoms with van der Waals surface area (Å²) < 4.78 is 12.2. The molecule has 0 unspecified atom stereocenters. The number of nitrogens with one attached hydrogen (secondary N) is 1. The summed E-state index contributed by atoms with van der Waals surface area (Å²) in [4.78, 5) is 9.78. The maximum Gasteiger partial charge on any atom is 0.155 e. The molecule has 1 aliphatic heterocycles. The lowest BCUT2D eigenvalue weighted by atomic mass is 10.0. The zero-order valence-electron chi connectivity index (χ0n) is 18.5. The van der Waals surface area contributed by atoms with E-state index in [1.54, 1.807) is 0 Å². The first-order valence-electron chi connectivity index (χ1n) is 11.0. The summed E-state index contributed by atoms with van der Waals surface area (Å²) in [5, 5.41) is 6.34. The third-order valence-corrected chi connectivity index (χ3v) is 5.27. The number of nitrogens with two attached hydrogens (primary N) is 1. The number of anilines is 1. The van der Waals surface area contributed by atoms with E-state index in [9.17, 15) is 0 Å². The van der Waals surface area contributed by atoms with Gasteiger partial charge in [0.1, 0.15) is 17.0 Å². The zero-order chi connectivity index (χ0) is 21.8. The molecule has 1 heterocycles. The fourth-order valence-corrected chi connectivity index (χ4v) is 3.73. The number of fused-ring (bicyclic) bond motifs is 4. The minimum absolute atomic E-state index is 0.590. The topological polar surface area (TPSA) is 85.7 Å². The molecule has 162 valence electrons. The van der Waals surface area contributed by atoms with E-state index < -0.39 is 0 Å². The predicted molar refractivity (Wildman–Crippen MR) is 127 cm³/mol. The highest BCUT2D eigenvalue weighted by atomic mass is 16.5. The fraction of sp³-hybridized carbons (Fsp3) is 0.360. The summed E-state index contributed by atoms with van der Waals surface area (Å²) in [6, 6.07) is 12.2. The normalized spacial score (nSPS) is 12.2. The Hall–Kier alpha value is -3.12. The van der Waals surface area contributed by atoms with Crippen LogP contribution in [0.2, 0.25) is 0 Å². The molecule has 2 aromatic carbocycles. The number of rotatable bonds is 8. The number of aryl methyl sites for hydroxylation is 1. The molecular weight excluding hydrogens is 388 g/mol. The van der Waals surface area contributed by atoms with E-state index in [0.717, 1.165) is 81.6 Å². The predicted octanol–water partition coefficient (Wildman–Crippen LogP) is 4.86. The standard InChI is InChI=1S/C25H30N4O2/c1-4-10-28-21-15-24-25(19-13-17(7-8-18(19)21)30-11-6-9-26)29-22-12-16(3)20(27-5-2)14-23(22)31-24/h7-8,12-15,27H,4-6,9-11,26H2,1-3H3. The molecule has 0 radical (unpaired) electrons. The van der Waals surface area contributed by atoms with E-state index in [2.05, 4.69) is 38.2 Å². The first-order chi connectivity index (χ1) is 15.1. The van der Waals surface area contributed by atoms with Gasteiger partial charge < -0.3 is 20.2 Å². The summed E-state index contributed by atoms with van der Waals surface area (Å²) in [6.45, 7) is 9.10. The highest BCUT2D eigenvalue weighted by molar-refractivity contribution is 5.97. The van der Waals surface area contributed by atoms with Gasteiger partial charge in [0.05, 0.1) is 12.0 Å². The van der Waals surface area contributed by atoms with Crippen molar-refractivity contribution in [2.75, 3.05) is 31.6 Å². The van der Waals surface area contributed by atoms with Crippen LogP contribution in [0.1, 0.15) is 32.3 Å². The van der Waals surface area contributed by atoms with Crippen LogP contribution >= 0.6 is 0 Å². The molecule has 4 rings (SSSR count). The molecule has 1 aliphatic carbocycles. The van der Waals surface area contributed by atoms with Crippen LogP contribution in [0.3, 0.4) is 0 Å². The SMILES string of the molecule is CCCN=c1cc2oc3cc(NCC)c(C)cc3nc-2c2cc(OCCCN)ccc12. The van der Waals surface area contributed by atoms with Crippen LogP contribution < -0.4 is 21.1 Å². The number of hydrogen-bond acceptors (Lipinski definition) is 6. The van der Waals surface area contributed by atoms with Gasteiger partial charge in [0.25, 0.3) is 0 Å². The van der Waals surface area contributed by atoms with Gasteiger partial charge in [0, 0.05) is 41.7 Å². The van der Waals surface area contributed by atoms with Crippen LogP contribution in [-0.2, 0) is 0 Å². The molecule has 0 spiro atoms.